The van der Waals surface area contributed by atoms with Gasteiger partial charge < -0.3 is 5.32 Å². The Morgan fingerprint density at radius 3 is 2.74 bits per heavy atom. The summed E-state index contributed by atoms with van der Waals surface area (Å²) in [7, 11) is 1.88. The van der Waals surface area contributed by atoms with Gasteiger partial charge in [0.1, 0.15) is 16.3 Å². The number of hydrogen-bond donors (Lipinski definition) is 1. The molecule has 96 valence electrons. The second-order valence-electron chi connectivity index (χ2n) is 4.44. The quantitative estimate of drug-likeness (QED) is 0.775. The number of rotatable bonds is 2. The molecule has 0 aliphatic rings. The predicted octanol–water partition coefficient (Wildman–Crippen LogP) is 3.41. The molecule has 3 rings (SSSR count). The maximum atomic E-state index is 4.62. The number of pyridine rings is 1. The SMILES string of the molecule is CNc1nc(-c2cc(C)ccn2)nc2sc(C)cc12. The standard InChI is InChI=1S/C14H14N4S/c1-8-4-5-16-11(6-8)13-17-12(15-3)10-7-9(2)19-14(10)18-13/h4-7H,1-3H3,(H,15,17,18). The van der Waals surface area contributed by atoms with Crippen molar-refractivity contribution in [3.8, 4) is 11.5 Å². The molecular formula is C14H14N4S. The first-order chi connectivity index (χ1) is 9.17. The molecule has 5 heteroatoms. The van der Waals surface area contributed by atoms with Gasteiger partial charge in [-0.25, -0.2) is 9.97 Å². The highest BCUT2D eigenvalue weighted by Crippen LogP contribution is 2.30. The third kappa shape index (κ3) is 2.17. The van der Waals surface area contributed by atoms with Crippen LogP contribution in [0.3, 0.4) is 0 Å². The van der Waals surface area contributed by atoms with Crippen LogP contribution in [0.25, 0.3) is 21.7 Å². The first kappa shape index (κ1) is 12.0. The van der Waals surface area contributed by atoms with Crippen molar-refractivity contribution >= 4 is 27.4 Å². The highest BCUT2D eigenvalue weighted by atomic mass is 32.1. The van der Waals surface area contributed by atoms with Gasteiger partial charge in [-0.2, -0.15) is 0 Å². The van der Waals surface area contributed by atoms with Crippen molar-refractivity contribution < 1.29 is 0 Å². The van der Waals surface area contributed by atoms with Gasteiger partial charge in [-0.15, -0.1) is 11.3 Å². The molecule has 0 atom stereocenters. The number of hydrogen-bond acceptors (Lipinski definition) is 5. The van der Waals surface area contributed by atoms with Crippen molar-refractivity contribution in [3.63, 3.8) is 0 Å². The molecule has 0 unspecified atom stereocenters. The fourth-order valence-corrected chi connectivity index (χ4v) is 2.88. The van der Waals surface area contributed by atoms with E-state index in [1.165, 1.54) is 4.88 Å². The Morgan fingerprint density at radius 1 is 1.16 bits per heavy atom. The first-order valence-electron chi connectivity index (χ1n) is 6.06. The molecule has 0 radical (unpaired) electrons. The third-order valence-electron chi connectivity index (χ3n) is 2.90. The fraction of sp³-hybridized carbons (Fsp3) is 0.214. The molecule has 0 saturated heterocycles. The van der Waals surface area contributed by atoms with Crippen LogP contribution in [0.1, 0.15) is 10.4 Å². The smallest absolute Gasteiger partial charge is 0.181 e. The number of anilines is 1. The summed E-state index contributed by atoms with van der Waals surface area (Å²) in [5, 5.41) is 4.21. The van der Waals surface area contributed by atoms with Gasteiger partial charge in [0.15, 0.2) is 5.82 Å². The summed E-state index contributed by atoms with van der Waals surface area (Å²) in [5.74, 6) is 1.52. The minimum Gasteiger partial charge on any atom is -0.372 e. The van der Waals surface area contributed by atoms with E-state index in [0.717, 1.165) is 27.3 Å². The van der Waals surface area contributed by atoms with Gasteiger partial charge in [-0.05, 0) is 37.6 Å². The van der Waals surface area contributed by atoms with Gasteiger partial charge >= 0.3 is 0 Å². The van der Waals surface area contributed by atoms with Crippen LogP contribution in [0, 0.1) is 13.8 Å². The molecule has 0 aromatic carbocycles. The van der Waals surface area contributed by atoms with Crippen molar-refractivity contribution in [1.29, 1.82) is 0 Å². The number of aromatic nitrogens is 3. The summed E-state index contributed by atoms with van der Waals surface area (Å²) < 4.78 is 0. The maximum absolute atomic E-state index is 4.62. The van der Waals surface area contributed by atoms with Crippen molar-refractivity contribution in [3.05, 3.63) is 34.8 Å². The lowest BCUT2D eigenvalue weighted by atomic mass is 10.2. The van der Waals surface area contributed by atoms with Crippen LogP contribution >= 0.6 is 11.3 Å². The van der Waals surface area contributed by atoms with E-state index in [1.807, 2.05) is 26.1 Å². The monoisotopic (exact) mass is 270 g/mol. The van der Waals surface area contributed by atoms with Gasteiger partial charge in [0.25, 0.3) is 0 Å². The second-order valence-corrected chi connectivity index (χ2v) is 5.67. The third-order valence-corrected chi connectivity index (χ3v) is 3.84. The van der Waals surface area contributed by atoms with Crippen LogP contribution in [-0.2, 0) is 0 Å². The number of nitrogens with one attached hydrogen (secondary N) is 1. The zero-order valence-corrected chi connectivity index (χ0v) is 11.9. The van der Waals surface area contributed by atoms with Crippen molar-refractivity contribution in [1.82, 2.24) is 15.0 Å². The number of thiophene rings is 1. The molecule has 0 aliphatic heterocycles. The highest BCUT2D eigenvalue weighted by molar-refractivity contribution is 7.18. The van der Waals surface area contributed by atoms with E-state index in [1.54, 1.807) is 17.5 Å². The van der Waals surface area contributed by atoms with E-state index in [9.17, 15) is 0 Å². The summed E-state index contributed by atoms with van der Waals surface area (Å²) in [6.45, 7) is 4.12. The fourth-order valence-electron chi connectivity index (χ4n) is 2.01. The number of aryl methyl sites for hydroxylation is 2. The van der Waals surface area contributed by atoms with Crippen LogP contribution < -0.4 is 5.32 Å². The lowest BCUT2D eigenvalue weighted by Gasteiger charge is -2.05. The molecule has 1 N–H and O–H groups in total. The van der Waals surface area contributed by atoms with E-state index >= 15 is 0 Å². The molecule has 19 heavy (non-hydrogen) atoms. The number of fused-ring (bicyclic) bond motifs is 1. The average molecular weight is 270 g/mol. The molecule has 0 spiro atoms. The summed E-state index contributed by atoms with van der Waals surface area (Å²) in [6, 6.07) is 6.08. The van der Waals surface area contributed by atoms with E-state index in [2.05, 4.69) is 33.3 Å². The van der Waals surface area contributed by atoms with E-state index in [-0.39, 0.29) is 0 Å². The summed E-state index contributed by atoms with van der Waals surface area (Å²) in [6.07, 6.45) is 1.79. The Labute approximate surface area is 115 Å². The Hall–Kier alpha value is -2.01. The van der Waals surface area contributed by atoms with Gasteiger partial charge in [-0.3, -0.25) is 4.98 Å². The van der Waals surface area contributed by atoms with E-state index in [0.29, 0.717) is 5.82 Å². The Bertz CT molecular complexity index is 748. The van der Waals surface area contributed by atoms with Crippen molar-refractivity contribution in [2.45, 2.75) is 13.8 Å². The minimum absolute atomic E-state index is 0.669. The lowest BCUT2D eigenvalue weighted by molar-refractivity contribution is 1.17. The first-order valence-corrected chi connectivity index (χ1v) is 6.88. The molecule has 0 fully saturated rings. The Kier molecular flexibility index (Phi) is 2.91. The molecule has 0 saturated carbocycles. The number of nitrogens with zero attached hydrogens (tertiary/aromatic N) is 3. The van der Waals surface area contributed by atoms with E-state index < -0.39 is 0 Å². The molecule has 3 aromatic heterocycles. The summed E-state index contributed by atoms with van der Waals surface area (Å²) in [5.41, 5.74) is 1.96. The molecule has 4 nitrogen and oxygen atoms in total. The molecular weight excluding hydrogens is 256 g/mol. The molecule has 0 amide bonds. The van der Waals surface area contributed by atoms with Crippen LogP contribution in [0.2, 0.25) is 0 Å². The lowest BCUT2D eigenvalue weighted by Crippen LogP contribution is -1.98. The molecule has 0 bridgehead atoms. The van der Waals surface area contributed by atoms with Gasteiger partial charge in [0.2, 0.25) is 0 Å². The highest BCUT2D eigenvalue weighted by Gasteiger charge is 2.11. The maximum Gasteiger partial charge on any atom is 0.181 e. The average Bonchev–Trinajstić information content (AvgIpc) is 2.77. The Balaban J connectivity index is 2.24. The van der Waals surface area contributed by atoms with Crippen LogP contribution in [0.5, 0.6) is 0 Å². The topological polar surface area (TPSA) is 50.7 Å². The van der Waals surface area contributed by atoms with Crippen LogP contribution in [0.15, 0.2) is 24.4 Å². The van der Waals surface area contributed by atoms with Crippen LogP contribution in [-0.4, -0.2) is 22.0 Å². The van der Waals surface area contributed by atoms with E-state index in [4.69, 9.17) is 0 Å². The zero-order chi connectivity index (χ0) is 13.4. The van der Waals surface area contributed by atoms with Crippen molar-refractivity contribution in [2.75, 3.05) is 12.4 Å². The molecule has 3 aromatic rings. The summed E-state index contributed by atoms with van der Waals surface area (Å²) in [4.78, 5) is 15.8. The molecule has 3 heterocycles. The molecule has 0 aliphatic carbocycles. The predicted molar refractivity (Wildman–Crippen MR) is 79.7 cm³/mol. The second kappa shape index (κ2) is 4.59. The zero-order valence-electron chi connectivity index (χ0n) is 11.1. The van der Waals surface area contributed by atoms with Gasteiger partial charge in [-0.1, -0.05) is 0 Å². The van der Waals surface area contributed by atoms with Crippen LogP contribution in [0.4, 0.5) is 5.82 Å². The van der Waals surface area contributed by atoms with Crippen molar-refractivity contribution in [2.24, 2.45) is 0 Å². The van der Waals surface area contributed by atoms with Gasteiger partial charge in [0.05, 0.1) is 5.39 Å². The Morgan fingerprint density at radius 2 is 2.00 bits per heavy atom. The minimum atomic E-state index is 0.669. The van der Waals surface area contributed by atoms with Gasteiger partial charge in [0, 0.05) is 18.1 Å². The largest absolute Gasteiger partial charge is 0.372 e. The summed E-state index contributed by atoms with van der Waals surface area (Å²) >= 11 is 1.68. The normalized spacial score (nSPS) is 10.9.